The normalized spacial score (nSPS) is 21.4. The van der Waals surface area contributed by atoms with Crippen molar-refractivity contribution < 1.29 is 9.90 Å². The Morgan fingerprint density at radius 2 is 2.50 bits per heavy atom. The van der Waals surface area contributed by atoms with E-state index in [1.54, 1.807) is 0 Å². The largest absolute Gasteiger partial charge is 0.478 e. The molecule has 0 radical (unpaired) electrons. The molecule has 1 fully saturated rings. The molecule has 0 aliphatic carbocycles. The van der Waals surface area contributed by atoms with E-state index in [0.29, 0.717) is 9.35 Å². The van der Waals surface area contributed by atoms with Crippen molar-refractivity contribution in [2.75, 3.05) is 6.54 Å². The fourth-order valence-electron chi connectivity index (χ4n) is 1.76. The first-order valence-corrected chi connectivity index (χ1v) is 6.11. The average molecular weight is 276 g/mol. The highest BCUT2D eigenvalue weighted by Gasteiger charge is 2.25. The molecule has 1 saturated heterocycles. The molecular formula is C9H10BrNO2S. The Bertz CT molecular complexity index is 358. The summed E-state index contributed by atoms with van der Waals surface area (Å²) in [4.78, 5) is 11.0. The highest BCUT2D eigenvalue weighted by molar-refractivity contribution is 9.11. The minimum absolute atomic E-state index is 0.226. The lowest BCUT2D eigenvalue weighted by Gasteiger charge is -2.09. The van der Waals surface area contributed by atoms with Gasteiger partial charge in [-0.1, -0.05) is 0 Å². The van der Waals surface area contributed by atoms with Crippen molar-refractivity contribution in [2.24, 2.45) is 0 Å². The molecule has 76 valence electrons. The second-order valence-corrected chi connectivity index (χ2v) is 5.49. The quantitative estimate of drug-likeness (QED) is 0.873. The first kappa shape index (κ1) is 10.1. The molecule has 0 aromatic carbocycles. The smallest absolute Gasteiger partial charge is 0.338 e. The van der Waals surface area contributed by atoms with Crippen LogP contribution in [0.5, 0.6) is 0 Å². The van der Waals surface area contributed by atoms with Crippen molar-refractivity contribution in [3.63, 3.8) is 0 Å². The maximum Gasteiger partial charge on any atom is 0.338 e. The van der Waals surface area contributed by atoms with Crippen LogP contribution < -0.4 is 5.32 Å². The van der Waals surface area contributed by atoms with E-state index in [1.165, 1.54) is 11.3 Å². The van der Waals surface area contributed by atoms with Crippen molar-refractivity contribution >= 4 is 33.2 Å². The van der Waals surface area contributed by atoms with E-state index in [2.05, 4.69) is 21.2 Å². The Hall–Kier alpha value is -0.390. The SMILES string of the molecule is O=C(O)c1c(C2CCCN2)csc1Br. The number of aromatic carboxylic acids is 1. The third-order valence-corrected chi connectivity index (χ3v) is 4.16. The fourth-order valence-corrected chi connectivity index (χ4v) is 3.27. The second-order valence-electron chi connectivity index (χ2n) is 3.29. The third-order valence-electron chi connectivity index (χ3n) is 2.42. The molecule has 1 aromatic heterocycles. The van der Waals surface area contributed by atoms with Crippen molar-refractivity contribution in [3.05, 3.63) is 20.3 Å². The Labute approximate surface area is 94.3 Å². The van der Waals surface area contributed by atoms with Crippen LogP contribution >= 0.6 is 27.3 Å². The van der Waals surface area contributed by atoms with E-state index in [4.69, 9.17) is 5.11 Å². The summed E-state index contributed by atoms with van der Waals surface area (Å²) in [6.45, 7) is 0.983. The van der Waals surface area contributed by atoms with Crippen LogP contribution in [0.3, 0.4) is 0 Å². The zero-order valence-electron chi connectivity index (χ0n) is 7.42. The number of nitrogens with one attached hydrogen (secondary N) is 1. The van der Waals surface area contributed by atoms with E-state index in [-0.39, 0.29) is 6.04 Å². The van der Waals surface area contributed by atoms with Crippen LogP contribution in [0, 0.1) is 0 Å². The van der Waals surface area contributed by atoms with E-state index in [9.17, 15) is 4.79 Å². The number of rotatable bonds is 2. The van der Waals surface area contributed by atoms with Crippen LogP contribution in [-0.2, 0) is 0 Å². The summed E-state index contributed by atoms with van der Waals surface area (Å²) in [6, 6.07) is 0.226. The predicted octanol–water partition coefficient (Wildman–Crippen LogP) is 2.63. The molecule has 1 unspecified atom stereocenters. The lowest BCUT2D eigenvalue weighted by atomic mass is 10.0. The Morgan fingerprint density at radius 3 is 3.07 bits per heavy atom. The molecule has 3 nitrogen and oxygen atoms in total. The first-order valence-electron chi connectivity index (χ1n) is 4.43. The van der Waals surface area contributed by atoms with Crippen molar-refractivity contribution in [1.29, 1.82) is 0 Å². The first-order chi connectivity index (χ1) is 6.70. The van der Waals surface area contributed by atoms with Crippen LogP contribution in [0.15, 0.2) is 9.17 Å². The Morgan fingerprint density at radius 1 is 1.71 bits per heavy atom. The van der Waals surface area contributed by atoms with Gasteiger partial charge in [0.15, 0.2) is 0 Å². The maximum absolute atomic E-state index is 11.0. The van der Waals surface area contributed by atoms with E-state index < -0.39 is 5.97 Å². The average Bonchev–Trinajstić information content (AvgIpc) is 2.70. The second kappa shape index (κ2) is 4.00. The molecule has 14 heavy (non-hydrogen) atoms. The van der Waals surface area contributed by atoms with Gasteiger partial charge in [-0.2, -0.15) is 0 Å². The van der Waals surface area contributed by atoms with Crippen LogP contribution in [0.4, 0.5) is 0 Å². The van der Waals surface area contributed by atoms with Gasteiger partial charge in [0.25, 0.3) is 0 Å². The zero-order valence-corrected chi connectivity index (χ0v) is 9.82. The minimum Gasteiger partial charge on any atom is -0.478 e. The number of hydrogen-bond donors (Lipinski definition) is 2. The van der Waals surface area contributed by atoms with Gasteiger partial charge < -0.3 is 10.4 Å². The van der Waals surface area contributed by atoms with E-state index >= 15 is 0 Å². The van der Waals surface area contributed by atoms with Gasteiger partial charge in [0.05, 0.1) is 9.35 Å². The van der Waals surface area contributed by atoms with Crippen molar-refractivity contribution in [1.82, 2.24) is 5.32 Å². The molecule has 1 aromatic rings. The number of carboxylic acids is 1. The van der Waals surface area contributed by atoms with E-state index in [1.807, 2.05) is 5.38 Å². The summed E-state index contributed by atoms with van der Waals surface area (Å²) in [6.07, 6.45) is 2.15. The molecule has 5 heteroatoms. The maximum atomic E-state index is 11.0. The number of carboxylic acid groups (broad SMARTS) is 1. The number of halogens is 1. The Balaban J connectivity index is 2.37. The van der Waals surface area contributed by atoms with Crippen molar-refractivity contribution in [3.8, 4) is 0 Å². The van der Waals surface area contributed by atoms with Crippen LogP contribution in [0.2, 0.25) is 0 Å². The third kappa shape index (κ3) is 1.71. The van der Waals surface area contributed by atoms with E-state index in [0.717, 1.165) is 24.9 Å². The van der Waals surface area contributed by atoms with Gasteiger partial charge in [-0.25, -0.2) is 4.79 Å². The van der Waals surface area contributed by atoms with Crippen LogP contribution in [0.1, 0.15) is 34.8 Å². The molecule has 0 bridgehead atoms. The summed E-state index contributed by atoms with van der Waals surface area (Å²) in [5, 5.41) is 14.3. The molecule has 1 atom stereocenters. The van der Waals surface area contributed by atoms with Crippen LogP contribution in [-0.4, -0.2) is 17.6 Å². The van der Waals surface area contributed by atoms with Gasteiger partial charge in [-0.15, -0.1) is 11.3 Å². The standard InChI is InChI=1S/C9H10BrNO2S/c10-8-7(9(12)13)5(4-14-8)6-2-1-3-11-6/h4,6,11H,1-3H2,(H,12,13). The number of thiophene rings is 1. The summed E-state index contributed by atoms with van der Waals surface area (Å²) >= 11 is 4.72. The lowest BCUT2D eigenvalue weighted by Crippen LogP contribution is -2.15. The minimum atomic E-state index is -0.846. The summed E-state index contributed by atoms with van der Waals surface area (Å²) in [5.74, 6) is -0.846. The molecule has 0 saturated carbocycles. The summed E-state index contributed by atoms with van der Waals surface area (Å²) in [5.41, 5.74) is 1.35. The zero-order chi connectivity index (χ0) is 10.1. The highest BCUT2D eigenvalue weighted by atomic mass is 79.9. The predicted molar refractivity (Wildman–Crippen MR) is 59.0 cm³/mol. The molecule has 2 heterocycles. The lowest BCUT2D eigenvalue weighted by molar-refractivity contribution is 0.0694. The topological polar surface area (TPSA) is 49.3 Å². The highest BCUT2D eigenvalue weighted by Crippen LogP contribution is 2.35. The molecule has 1 aliphatic rings. The van der Waals surface area contributed by atoms with Gasteiger partial charge in [-0.05, 0) is 46.3 Å². The number of carbonyl (C=O) groups is 1. The molecule has 1 aliphatic heterocycles. The molecule has 2 rings (SSSR count). The van der Waals surface area contributed by atoms with Gasteiger partial charge in [0.1, 0.15) is 0 Å². The van der Waals surface area contributed by atoms with Crippen molar-refractivity contribution in [2.45, 2.75) is 18.9 Å². The molecule has 2 N–H and O–H groups in total. The summed E-state index contributed by atoms with van der Waals surface area (Å²) in [7, 11) is 0. The van der Waals surface area contributed by atoms with Gasteiger partial charge in [0.2, 0.25) is 0 Å². The van der Waals surface area contributed by atoms with Gasteiger partial charge in [-0.3, -0.25) is 0 Å². The van der Waals surface area contributed by atoms with Gasteiger partial charge >= 0.3 is 5.97 Å². The monoisotopic (exact) mass is 275 g/mol. The van der Waals surface area contributed by atoms with Crippen LogP contribution in [0.25, 0.3) is 0 Å². The number of hydrogen-bond acceptors (Lipinski definition) is 3. The molecular weight excluding hydrogens is 266 g/mol. The van der Waals surface area contributed by atoms with Gasteiger partial charge in [0, 0.05) is 6.04 Å². The molecule has 0 spiro atoms. The summed E-state index contributed by atoms with van der Waals surface area (Å²) < 4.78 is 0.716. The molecule has 0 amide bonds. The Kier molecular flexibility index (Phi) is 2.90. The fraction of sp³-hybridized carbons (Fsp3) is 0.444.